The molecule has 0 aliphatic heterocycles. The van der Waals surface area contributed by atoms with Crippen LogP contribution in [0.2, 0.25) is 0 Å². The Morgan fingerprint density at radius 2 is 2.07 bits per heavy atom. The van der Waals surface area contributed by atoms with Gasteiger partial charge in [0.2, 0.25) is 0 Å². The molecule has 2 nitrogen and oxygen atoms in total. The maximum absolute atomic E-state index is 8.38. The first-order valence-corrected chi connectivity index (χ1v) is 5.95. The van der Waals surface area contributed by atoms with E-state index >= 15 is 0 Å². The maximum atomic E-state index is 8.38. The standard InChI is InChI=1S/C12H22N2/c1-11(12-7-3-4-8-12)14-10-6-2-5-9-13/h11-12,14H,2-8,10H2,1H3/t11-/m0/s1. The predicted octanol–water partition coefficient (Wildman–Crippen LogP) is 2.85. The number of rotatable bonds is 6. The van der Waals surface area contributed by atoms with Gasteiger partial charge in [-0.2, -0.15) is 5.26 Å². The molecule has 2 heteroatoms. The minimum Gasteiger partial charge on any atom is -0.314 e. The molecule has 80 valence electrons. The number of nitrogens with zero attached hydrogens (tertiary/aromatic N) is 1. The zero-order valence-electron chi connectivity index (χ0n) is 9.26. The normalized spacial score (nSPS) is 19.4. The van der Waals surface area contributed by atoms with Crippen molar-refractivity contribution in [2.75, 3.05) is 6.54 Å². The van der Waals surface area contributed by atoms with Gasteiger partial charge in [-0.25, -0.2) is 0 Å². The van der Waals surface area contributed by atoms with E-state index in [0.29, 0.717) is 12.5 Å². The Balaban J connectivity index is 1.97. The van der Waals surface area contributed by atoms with Gasteiger partial charge in [0.1, 0.15) is 0 Å². The number of hydrogen-bond donors (Lipinski definition) is 1. The fourth-order valence-electron chi connectivity index (χ4n) is 2.28. The van der Waals surface area contributed by atoms with Crippen LogP contribution in [0.1, 0.15) is 51.9 Å². The lowest BCUT2D eigenvalue weighted by Gasteiger charge is -2.20. The lowest BCUT2D eigenvalue weighted by Crippen LogP contribution is -2.32. The van der Waals surface area contributed by atoms with E-state index in [0.717, 1.165) is 25.3 Å². The molecule has 14 heavy (non-hydrogen) atoms. The molecule has 1 saturated carbocycles. The van der Waals surface area contributed by atoms with E-state index in [1.54, 1.807) is 0 Å². The SMILES string of the molecule is C[C@H](NCCCCC#N)C1CCCC1. The third kappa shape index (κ3) is 4.11. The highest BCUT2D eigenvalue weighted by Gasteiger charge is 2.20. The molecule has 0 aromatic rings. The van der Waals surface area contributed by atoms with Crippen LogP contribution in [0.15, 0.2) is 0 Å². The summed E-state index contributed by atoms with van der Waals surface area (Å²) in [5.41, 5.74) is 0. The third-order valence-electron chi connectivity index (χ3n) is 3.29. The second-order valence-electron chi connectivity index (χ2n) is 4.40. The first-order chi connectivity index (χ1) is 6.84. The minimum atomic E-state index is 0.680. The van der Waals surface area contributed by atoms with Crippen LogP contribution in [0, 0.1) is 17.2 Å². The average molecular weight is 194 g/mol. The highest BCUT2D eigenvalue weighted by atomic mass is 14.9. The third-order valence-corrected chi connectivity index (χ3v) is 3.29. The number of nitriles is 1. The Kier molecular flexibility index (Phi) is 5.63. The zero-order chi connectivity index (χ0) is 10.2. The maximum Gasteiger partial charge on any atom is 0.0621 e. The summed E-state index contributed by atoms with van der Waals surface area (Å²) in [5, 5.41) is 12.0. The second kappa shape index (κ2) is 6.84. The van der Waals surface area contributed by atoms with Crippen molar-refractivity contribution in [2.45, 2.75) is 57.9 Å². The molecule has 0 saturated heterocycles. The van der Waals surface area contributed by atoms with E-state index in [4.69, 9.17) is 5.26 Å². The van der Waals surface area contributed by atoms with Gasteiger partial charge < -0.3 is 5.32 Å². The van der Waals surface area contributed by atoms with E-state index in [1.807, 2.05) is 0 Å². The van der Waals surface area contributed by atoms with Gasteiger partial charge in [0, 0.05) is 12.5 Å². The minimum absolute atomic E-state index is 0.680. The van der Waals surface area contributed by atoms with Gasteiger partial charge in [-0.15, -0.1) is 0 Å². The summed E-state index contributed by atoms with van der Waals surface area (Å²) in [7, 11) is 0. The quantitative estimate of drug-likeness (QED) is 0.660. The van der Waals surface area contributed by atoms with Crippen molar-refractivity contribution in [3.05, 3.63) is 0 Å². The van der Waals surface area contributed by atoms with Crippen LogP contribution in [-0.2, 0) is 0 Å². The Hall–Kier alpha value is -0.550. The van der Waals surface area contributed by atoms with Crippen LogP contribution in [0.25, 0.3) is 0 Å². The molecule has 1 fully saturated rings. The summed E-state index contributed by atoms with van der Waals surface area (Å²) in [6.07, 6.45) is 8.56. The summed E-state index contributed by atoms with van der Waals surface area (Å²) in [6.45, 7) is 3.39. The van der Waals surface area contributed by atoms with Gasteiger partial charge in [-0.05, 0) is 45.1 Å². The monoisotopic (exact) mass is 194 g/mol. The molecule has 1 aliphatic carbocycles. The lowest BCUT2D eigenvalue weighted by molar-refractivity contribution is 0.379. The number of hydrogen-bond acceptors (Lipinski definition) is 2. The topological polar surface area (TPSA) is 35.8 Å². The van der Waals surface area contributed by atoms with Gasteiger partial charge in [-0.1, -0.05) is 12.8 Å². The molecule has 1 aliphatic rings. The smallest absolute Gasteiger partial charge is 0.0621 e. The van der Waals surface area contributed by atoms with E-state index in [9.17, 15) is 0 Å². The molecule has 0 radical (unpaired) electrons. The van der Waals surface area contributed by atoms with Gasteiger partial charge in [0.15, 0.2) is 0 Å². The van der Waals surface area contributed by atoms with Gasteiger partial charge in [0.05, 0.1) is 6.07 Å². The van der Waals surface area contributed by atoms with Crippen molar-refractivity contribution in [2.24, 2.45) is 5.92 Å². The fraction of sp³-hybridized carbons (Fsp3) is 0.917. The summed E-state index contributed by atoms with van der Waals surface area (Å²) in [4.78, 5) is 0. The molecule has 1 atom stereocenters. The van der Waals surface area contributed by atoms with E-state index in [-0.39, 0.29) is 0 Å². The molecular weight excluding hydrogens is 172 g/mol. The Morgan fingerprint density at radius 3 is 2.71 bits per heavy atom. The second-order valence-corrected chi connectivity index (χ2v) is 4.40. The highest BCUT2D eigenvalue weighted by molar-refractivity contribution is 4.77. The van der Waals surface area contributed by atoms with E-state index < -0.39 is 0 Å². The van der Waals surface area contributed by atoms with Crippen molar-refractivity contribution < 1.29 is 0 Å². The zero-order valence-corrected chi connectivity index (χ0v) is 9.26. The summed E-state index contributed by atoms with van der Waals surface area (Å²) < 4.78 is 0. The molecule has 0 bridgehead atoms. The molecule has 0 spiro atoms. The molecular formula is C12H22N2. The van der Waals surface area contributed by atoms with E-state index in [2.05, 4.69) is 18.3 Å². The van der Waals surface area contributed by atoms with Crippen LogP contribution < -0.4 is 5.32 Å². The molecule has 0 aromatic heterocycles. The molecule has 0 heterocycles. The van der Waals surface area contributed by atoms with Crippen molar-refractivity contribution in [1.82, 2.24) is 5.32 Å². The molecule has 0 amide bonds. The summed E-state index contributed by atoms with van der Waals surface area (Å²) in [5.74, 6) is 0.908. The van der Waals surface area contributed by atoms with Crippen LogP contribution in [0.5, 0.6) is 0 Å². The lowest BCUT2D eigenvalue weighted by atomic mass is 10.00. The van der Waals surface area contributed by atoms with Gasteiger partial charge in [0.25, 0.3) is 0 Å². The van der Waals surface area contributed by atoms with Crippen molar-refractivity contribution >= 4 is 0 Å². The van der Waals surface area contributed by atoms with Crippen LogP contribution in [0.4, 0.5) is 0 Å². The Bertz CT molecular complexity index is 177. The van der Waals surface area contributed by atoms with Crippen molar-refractivity contribution in [1.29, 1.82) is 5.26 Å². The van der Waals surface area contributed by atoms with E-state index in [1.165, 1.54) is 25.7 Å². The highest BCUT2D eigenvalue weighted by Crippen LogP contribution is 2.27. The number of nitrogens with one attached hydrogen (secondary N) is 1. The molecule has 1 rings (SSSR count). The van der Waals surface area contributed by atoms with Crippen molar-refractivity contribution in [3.63, 3.8) is 0 Å². The Morgan fingerprint density at radius 1 is 1.36 bits per heavy atom. The molecule has 0 unspecified atom stereocenters. The summed E-state index contributed by atoms with van der Waals surface area (Å²) >= 11 is 0. The Labute approximate surface area is 87.7 Å². The van der Waals surface area contributed by atoms with Crippen LogP contribution >= 0.6 is 0 Å². The largest absolute Gasteiger partial charge is 0.314 e. The first-order valence-electron chi connectivity index (χ1n) is 5.95. The van der Waals surface area contributed by atoms with Gasteiger partial charge in [-0.3, -0.25) is 0 Å². The number of unbranched alkanes of at least 4 members (excludes halogenated alkanes) is 2. The van der Waals surface area contributed by atoms with Crippen LogP contribution in [-0.4, -0.2) is 12.6 Å². The van der Waals surface area contributed by atoms with Crippen molar-refractivity contribution in [3.8, 4) is 6.07 Å². The fourth-order valence-corrected chi connectivity index (χ4v) is 2.28. The molecule has 1 N–H and O–H groups in total. The van der Waals surface area contributed by atoms with Crippen LogP contribution in [0.3, 0.4) is 0 Å². The summed E-state index contributed by atoms with van der Waals surface area (Å²) in [6, 6.07) is 2.86. The van der Waals surface area contributed by atoms with Gasteiger partial charge >= 0.3 is 0 Å². The predicted molar refractivity (Wildman–Crippen MR) is 58.9 cm³/mol. The molecule has 0 aromatic carbocycles. The average Bonchev–Trinajstić information content (AvgIpc) is 2.70. The first kappa shape index (κ1) is 11.5.